The van der Waals surface area contributed by atoms with E-state index in [1.807, 2.05) is 58.0 Å². The Morgan fingerprint density at radius 3 is 2.31 bits per heavy atom. The minimum atomic E-state index is -0.604. The van der Waals surface area contributed by atoms with Crippen LogP contribution in [0.2, 0.25) is 0 Å². The first-order valence-corrected chi connectivity index (χ1v) is 13.6. The maximum atomic E-state index is 13.5. The van der Waals surface area contributed by atoms with E-state index >= 15 is 0 Å². The average molecular weight is 539 g/mol. The van der Waals surface area contributed by atoms with Gasteiger partial charge in [-0.25, -0.2) is 4.79 Å². The average Bonchev–Trinajstić information content (AvgIpc) is 3.37. The van der Waals surface area contributed by atoms with Crippen LogP contribution in [0.1, 0.15) is 63.4 Å². The second-order valence-corrected chi connectivity index (χ2v) is 11.2. The van der Waals surface area contributed by atoms with E-state index in [2.05, 4.69) is 5.32 Å². The van der Waals surface area contributed by atoms with Crippen molar-refractivity contribution in [2.45, 2.75) is 77.7 Å². The fraction of sp³-hybridized carbons (Fsp3) is 0.516. The second-order valence-electron chi connectivity index (χ2n) is 11.2. The highest BCUT2D eigenvalue weighted by molar-refractivity contribution is 5.94. The van der Waals surface area contributed by atoms with Gasteiger partial charge in [-0.2, -0.15) is 0 Å². The number of nitrogens with zero attached hydrogens (tertiary/aromatic N) is 1. The molecule has 1 fully saturated rings. The first-order chi connectivity index (χ1) is 18.5. The van der Waals surface area contributed by atoms with Gasteiger partial charge in [0.15, 0.2) is 5.78 Å². The molecule has 0 spiro atoms. The van der Waals surface area contributed by atoms with Gasteiger partial charge in [0.25, 0.3) is 0 Å². The minimum absolute atomic E-state index is 0.00931. The molecule has 1 heterocycles. The van der Waals surface area contributed by atoms with Crippen molar-refractivity contribution in [1.29, 1.82) is 0 Å². The third kappa shape index (κ3) is 8.82. The molecular weight excluding hydrogens is 496 g/mol. The molecule has 212 valence electrons. The van der Waals surface area contributed by atoms with Crippen molar-refractivity contribution >= 4 is 17.8 Å². The number of carbonyl (C=O) groups is 3. The Balaban J connectivity index is 1.70. The van der Waals surface area contributed by atoms with Crippen LogP contribution in [-0.2, 0) is 20.7 Å². The van der Waals surface area contributed by atoms with E-state index in [4.69, 9.17) is 14.2 Å². The molecule has 1 aliphatic heterocycles. The molecule has 0 radical (unpaired) electrons. The van der Waals surface area contributed by atoms with Crippen LogP contribution in [0.25, 0.3) is 0 Å². The number of Topliss-reactive ketones (excluding diaryl/α,β-unsaturated/α-hetero) is 1. The lowest BCUT2D eigenvalue weighted by Gasteiger charge is -2.35. The molecule has 2 aromatic carbocycles. The van der Waals surface area contributed by atoms with Gasteiger partial charge in [-0.1, -0.05) is 37.3 Å². The third-order valence-electron chi connectivity index (χ3n) is 6.87. The monoisotopic (exact) mass is 538 g/mol. The SMILES string of the molecule is CO[C@H]([C@@H](C)C(=O)N[C@H](COc1ccc(C(C)=O)cc1)Cc1ccccc1)[C@@H]1CCCN1C(=O)OC(C)(C)C. The summed E-state index contributed by atoms with van der Waals surface area (Å²) in [7, 11) is 1.58. The highest BCUT2D eigenvalue weighted by Crippen LogP contribution is 2.28. The van der Waals surface area contributed by atoms with Crippen molar-refractivity contribution in [3.63, 3.8) is 0 Å². The van der Waals surface area contributed by atoms with Gasteiger partial charge in [0.2, 0.25) is 5.91 Å². The number of methoxy groups -OCH3 is 1. The molecule has 4 atom stereocenters. The molecule has 8 nitrogen and oxygen atoms in total. The maximum Gasteiger partial charge on any atom is 0.410 e. The summed E-state index contributed by atoms with van der Waals surface area (Å²) in [6, 6.07) is 16.3. The summed E-state index contributed by atoms with van der Waals surface area (Å²) >= 11 is 0. The van der Waals surface area contributed by atoms with Crippen LogP contribution >= 0.6 is 0 Å². The molecule has 2 aromatic rings. The van der Waals surface area contributed by atoms with Crippen molar-refractivity contribution in [2.75, 3.05) is 20.3 Å². The molecule has 1 saturated heterocycles. The number of benzene rings is 2. The Kier molecular flexibility index (Phi) is 10.5. The standard InChI is InChI=1S/C31H42N2O6/c1-21(28(37-6)27-13-10-18-33(27)30(36)39-31(3,4)5)29(35)32-25(19-23-11-8-7-9-12-23)20-38-26-16-14-24(15-17-26)22(2)34/h7-9,11-12,14-17,21,25,27-28H,10,13,18-20H2,1-6H3,(H,32,35)/t21-,25+,27+,28-/m1/s1. The van der Waals surface area contributed by atoms with Gasteiger partial charge in [-0.15, -0.1) is 0 Å². The van der Waals surface area contributed by atoms with Crippen LogP contribution in [0.3, 0.4) is 0 Å². The Hall–Kier alpha value is -3.39. The lowest BCUT2D eigenvalue weighted by Crippen LogP contribution is -2.52. The zero-order valence-electron chi connectivity index (χ0n) is 23.9. The van der Waals surface area contributed by atoms with Crippen LogP contribution in [0.4, 0.5) is 4.79 Å². The number of ether oxygens (including phenoxy) is 3. The summed E-state index contributed by atoms with van der Waals surface area (Å²) in [4.78, 5) is 39.6. The molecule has 39 heavy (non-hydrogen) atoms. The smallest absolute Gasteiger partial charge is 0.410 e. The van der Waals surface area contributed by atoms with E-state index in [0.29, 0.717) is 24.3 Å². The summed E-state index contributed by atoms with van der Waals surface area (Å²) < 4.78 is 17.4. The molecule has 0 unspecified atom stereocenters. The van der Waals surface area contributed by atoms with Crippen LogP contribution < -0.4 is 10.1 Å². The minimum Gasteiger partial charge on any atom is -0.491 e. The van der Waals surface area contributed by atoms with Gasteiger partial charge in [0.1, 0.15) is 18.0 Å². The molecular formula is C31H42N2O6. The number of hydrogen-bond donors (Lipinski definition) is 1. The van der Waals surface area contributed by atoms with Crippen molar-refractivity contribution < 1.29 is 28.6 Å². The molecule has 3 rings (SSSR count). The van der Waals surface area contributed by atoms with Crippen LogP contribution in [0, 0.1) is 5.92 Å². The zero-order valence-corrected chi connectivity index (χ0v) is 23.9. The lowest BCUT2D eigenvalue weighted by molar-refractivity contribution is -0.131. The van der Waals surface area contributed by atoms with Crippen molar-refractivity contribution in [2.24, 2.45) is 5.92 Å². The molecule has 1 N–H and O–H groups in total. The molecule has 2 amide bonds. The third-order valence-corrected chi connectivity index (χ3v) is 6.87. The highest BCUT2D eigenvalue weighted by Gasteiger charge is 2.41. The molecule has 0 aliphatic carbocycles. The largest absolute Gasteiger partial charge is 0.491 e. The Morgan fingerprint density at radius 2 is 1.72 bits per heavy atom. The van der Waals surface area contributed by atoms with Gasteiger partial charge in [0.05, 0.1) is 24.1 Å². The van der Waals surface area contributed by atoms with E-state index in [-0.39, 0.29) is 36.5 Å². The summed E-state index contributed by atoms with van der Waals surface area (Å²) in [6.07, 6.45) is 1.27. The van der Waals surface area contributed by atoms with Gasteiger partial charge in [-0.05, 0) is 76.8 Å². The summed E-state index contributed by atoms with van der Waals surface area (Å²) in [5.41, 5.74) is 1.08. The van der Waals surface area contributed by atoms with Crippen molar-refractivity contribution in [3.05, 3.63) is 65.7 Å². The molecule has 0 aromatic heterocycles. The van der Waals surface area contributed by atoms with Crippen molar-refractivity contribution in [3.8, 4) is 5.75 Å². The molecule has 0 bridgehead atoms. The molecule has 1 aliphatic rings. The number of nitrogens with one attached hydrogen (secondary N) is 1. The van der Waals surface area contributed by atoms with Gasteiger partial charge < -0.3 is 24.4 Å². The van der Waals surface area contributed by atoms with E-state index in [0.717, 1.165) is 18.4 Å². The first-order valence-electron chi connectivity index (χ1n) is 13.6. The van der Waals surface area contributed by atoms with Crippen molar-refractivity contribution in [1.82, 2.24) is 10.2 Å². The number of amides is 2. The fourth-order valence-corrected chi connectivity index (χ4v) is 4.89. The quantitative estimate of drug-likeness (QED) is 0.403. The Bertz CT molecular complexity index is 1100. The van der Waals surface area contributed by atoms with E-state index in [1.54, 1.807) is 36.3 Å². The van der Waals surface area contributed by atoms with Crippen LogP contribution in [0.15, 0.2) is 54.6 Å². The van der Waals surface area contributed by atoms with Crippen LogP contribution in [-0.4, -0.2) is 66.7 Å². The summed E-state index contributed by atoms with van der Waals surface area (Å²) in [5, 5.41) is 3.15. The topological polar surface area (TPSA) is 94.2 Å². The predicted octanol–water partition coefficient (Wildman–Crippen LogP) is 5.05. The Labute approximate surface area is 232 Å². The van der Waals surface area contributed by atoms with E-state index in [1.165, 1.54) is 6.92 Å². The van der Waals surface area contributed by atoms with Crippen LogP contribution in [0.5, 0.6) is 5.75 Å². The number of carbonyl (C=O) groups excluding carboxylic acids is 3. The number of hydrogen-bond acceptors (Lipinski definition) is 6. The number of ketones is 1. The number of likely N-dealkylation sites (tertiary alicyclic amines) is 1. The summed E-state index contributed by atoms with van der Waals surface area (Å²) in [5.74, 6) is -0.0791. The second kappa shape index (κ2) is 13.6. The predicted molar refractivity (Wildman–Crippen MR) is 150 cm³/mol. The van der Waals surface area contributed by atoms with Gasteiger partial charge >= 0.3 is 6.09 Å². The van der Waals surface area contributed by atoms with Gasteiger partial charge in [-0.3, -0.25) is 9.59 Å². The van der Waals surface area contributed by atoms with E-state index in [9.17, 15) is 14.4 Å². The molecule has 8 heteroatoms. The van der Waals surface area contributed by atoms with E-state index < -0.39 is 17.6 Å². The Morgan fingerprint density at radius 1 is 1.05 bits per heavy atom. The molecule has 0 saturated carbocycles. The van der Waals surface area contributed by atoms with Gasteiger partial charge in [0, 0.05) is 19.2 Å². The lowest BCUT2D eigenvalue weighted by atomic mass is 9.94. The number of rotatable bonds is 11. The normalized spacial score (nSPS) is 17.7. The zero-order chi connectivity index (χ0) is 28.6. The highest BCUT2D eigenvalue weighted by atomic mass is 16.6. The maximum absolute atomic E-state index is 13.5. The fourth-order valence-electron chi connectivity index (χ4n) is 4.89. The first kappa shape index (κ1) is 30.2. The summed E-state index contributed by atoms with van der Waals surface area (Å²) in [6.45, 7) is 9.69.